The summed E-state index contributed by atoms with van der Waals surface area (Å²) in [7, 11) is 0. The number of hydrogen-bond acceptors (Lipinski definition) is 6. The summed E-state index contributed by atoms with van der Waals surface area (Å²) in [6.07, 6.45) is 1.68. The minimum Gasteiger partial charge on any atom is -0.360 e. The molecule has 25 heavy (non-hydrogen) atoms. The maximum absolute atomic E-state index is 12.4. The molecule has 2 rings (SSSR count). The molecule has 2 aromatic rings. The molecule has 0 saturated heterocycles. The molecule has 0 aliphatic heterocycles. The number of nitrogens with one attached hydrogen (secondary N) is 1. The van der Waals surface area contributed by atoms with Crippen molar-refractivity contribution >= 4 is 52.3 Å². The number of thiophene rings is 1. The van der Waals surface area contributed by atoms with Crippen molar-refractivity contribution in [3.8, 4) is 0 Å². The maximum atomic E-state index is 12.4. The molecule has 0 aromatic carbocycles. The van der Waals surface area contributed by atoms with Gasteiger partial charge in [-0.25, -0.2) is 0 Å². The van der Waals surface area contributed by atoms with Crippen LogP contribution in [0, 0.1) is 6.92 Å². The second kappa shape index (κ2) is 9.65. The minimum atomic E-state index is -0.230. The second-order valence-electron chi connectivity index (χ2n) is 5.13. The van der Waals surface area contributed by atoms with Gasteiger partial charge in [-0.1, -0.05) is 22.8 Å². The number of rotatable bonds is 9. The second-order valence-corrected chi connectivity index (χ2v) is 7.92. The minimum absolute atomic E-state index is 0.0560. The number of hydrogen-bond donors (Lipinski definition) is 1. The molecule has 134 valence electrons. The normalized spacial score (nSPS) is 10.5. The van der Waals surface area contributed by atoms with Crippen molar-refractivity contribution < 1.29 is 14.1 Å². The van der Waals surface area contributed by atoms with Crippen LogP contribution in [0.2, 0.25) is 4.34 Å². The highest BCUT2D eigenvalue weighted by Crippen LogP contribution is 2.23. The number of amides is 2. The number of nitrogens with zero attached hydrogens (tertiary/aromatic N) is 2. The number of aromatic nitrogens is 1. The molecule has 9 heteroatoms. The van der Waals surface area contributed by atoms with Gasteiger partial charge >= 0.3 is 0 Å². The van der Waals surface area contributed by atoms with Crippen molar-refractivity contribution in [1.82, 2.24) is 10.1 Å². The van der Waals surface area contributed by atoms with E-state index in [4.69, 9.17) is 16.1 Å². The fourth-order valence-electron chi connectivity index (χ4n) is 1.96. The molecule has 1 N–H and O–H groups in total. The highest BCUT2D eigenvalue weighted by molar-refractivity contribution is 8.00. The van der Waals surface area contributed by atoms with E-state index in [1.165, 1.54) is 23.1 Å². The van der Waals surface area contributed by atoms with Gasteiger partial charge in [-0.3, -0.25) is 9.59 Å². The number of carbonyl (C=O) groups excluding carboxylic acids is 2. The van der Waals surface area contributed by atoms with E-state index in [0.29, 0.717) is 29.0 Å². The van der Waals surface area contributed by atoms with Crippen LogP contribution >= 0.6 is 34.7 Å². The standard InChI is InChI=1S/C16H18ClN3O3S2/c1-3-6-20(8-12-4-5-13(17)25-12)16(22)10-24-9-15(21)18-14-7-11(2)23-19-14/h3-5,7H,1,6,8-10H2,2H3,(H,18,19,21). The lowest BCUT2D eigenvalue weighted by molar-refractivity contribution is -0.128. The molecule has 0 atom stereocenters. The van der Waals surface area contributed by atoms with E-state index in [2.05, 4.69) is 17.1 Å². The summed E-state index contributed by atoms with van der Waals surface area (Å²) < 4.78 is 5.56. The summed E-state index contributed by atoms with van der Waals surface area (Å²) in [6, 6.07) is 5.34. The van der Waals surface area contributed by atoms with Gasteiger partial charge in [-0.2, -0.15) is 0 Å². The molecule has 0 spiro atoms. The summed E-state index contributed by atoms with van der Waals surface area (Å²) in [6.45, 7) is 6.35. The maximum Gasteiger partial charge on any atom is 0.235 e. The third-order valence-electron chi connectivity index (χ3n) is 3.03. The third kappa shape index (κ3) is 6.56. The number of halogens is 1. The molecule has 2 heterocycles. The summed E-state index contributed by atoms with van der Waals surface area (Å²) in [5.74, 6) is 1.07. The van der Waals surface area contributed by atoms with Gasteiger partial charge in [0, 0.05) is 17.5 Å². The number of aryl methyl sites for hydroxylation is 1. The first-order chi connectivity index (χ1) is 12.0. The van der Waals surface area contributed by atoms with Crippen LogP contribution < -0.4 is 5.32 Å². The molecule has 0 unspecified atom stereocenters. The van der Waals surface area contributed by atoms with Crippen LogP contribution in [0.5, 0.6) is 0 Å². The van der Waals surface area contributed by atoms with Gasteiger partial charge in [-0.15, -0.1) is 29.7 Å². The Bertz CT molecular complexity index is 745. The number of anilines is 1. The van der Waals surface area contributed by atoms with Gasteiger partial charge in [0.1, 0.15) is 5.76 Å². The van der Waals surface area contributed by atoms with E-state index < -0.39 is 0 Å². The fourth-order valence-corrected chi connectivity index (χ4v) is 3.78. The van der Waals surface area contributed by atoms with Crippen LogP contribution in [0.1, 0.15) is 10.6 Å². The molecule has 0 saturated carbocycles. The molecule has 0 radical (unpaired) electrons. The van der Waals surface area contributed by atoms with Crippen molar-refractivity contribution in [1.29, 1.82) is 0 Å². The summed E-state index contributed by atoms with van der Waals surface area (Å²) in [4.78, 5) is 26.9. The molecule has 2 amide bonds. The molecule has 2 aromatic heterocycles. The molecule has 0 fully saturated rings. The Morgan fingerprint density at radius 2 is 2.28 bits per heavy atom. The molecular weight excluding hydrogens is 382 g/mol. The van der Waals surface area contributed by atoms with Crippen molar-refractivity contribution in [2.45, 2.75) is 13.5 Å². The number of thioether (sulfide) groups is 1. The van der Waals surface area contributed by atoms with Crippen LogP contribution in [0.15, 0.2) is 35.4 Å². The monoisotopic (exact) mass is 399 g/mol. The van der Waals surface area contributed by atoms with Crippen LogP contribution in [0.3, 0.4) is 0 Å². The van der Waals surface area contributed by atoms with Crippen molar-refractivity contribution in [3.63, 3.8) is 0 Å². The third-order valence-corrected chi connectivity index (χ3v) is 5.17. The highest BCUT2D eigenvalue weighted by Gasteiger charge is 2.15. The van der Waals surface area contributed by atoms with E-state index in [9.17, 15) is 9.59 Å². The van der Waals surface area contributed by atoms with E-state index in [1.807, 2.05) is 12.1 Å². The SMILES string of the molecule is C=CCN(Cc1ccc(Cl)s1)C(=O)CSCC(=O)Nc1cc(C)on1. The van der Waals surface area contributed by atoms with Crippen LogP contribution in [-0.2, 0) is 16.1 Å². The zero-order valence-corrected chi connectivity index (χ0v) is 16.0. The Hall–Kier alpha value is -1.77. The predicted molar refractivity (Wildman–Crippen MR) is 102 cm³/mol. The molecular formula is C16H18ClN3O3S2. The van der Waals surface area contributed by atoms with Crippen LogP contribution in [0.4, 0.5) is 5.82 Å². The molecule has 0 bridgehead atoms. The Kier molecular flexibility index (Phi) is 7.54. The lowest BCUT2D eigenvalue weighted by atomic mass is 10.4. The quantitative estimate of drug-likeness (QED) is 0.652. The first-order valence-electron chi connectivity index (χ1n) is 7.41. The lowest BCUT2D eigenvalue weighted by Gasteiger charge is -2.20. The summed E-state index contributed by atoms with van der Waals surface area (Å²) in [5.41, 5.74) is 0. The van der Waals surface area contributed by atoms with Gasteiger partial charge in [0.2, 0.25) is 11.8 Å². The van der Waals surface area contributed by atoms with E-state index in [0.717, 1.165) is 4.88 Å². The van der Waals surface area contributed by atoms with E-state index >= 15 is 0 Å². The Labute approximate surface area is 159 Å². The van der Waals surface area contributed by atoms with E-state index in [1.54, 1.807) is 24.0 Å². The van der Waals surface area contributed by atoms with E-state index in [-0.39, 0.29) is 23.3 Å². The van der Waals surface area contributed by atoms with Gasteiger partial charge in [0.05, 0.1) is 22.4 Å². The predicted octanol–water partition coefficient (Wildman–Crippen LogP) is 3.58. The number of carbonyl (C=O) groups is 2. The summed E-state index contributed by atoms with van der Waals surface area (Å²) >= 11 is 8.61. The van der Waals surface area contributed by atoms with Crippen molar-refractivity contribution in [2.75, 3.05) is 23.4 Å². The molecule has 0 aliphatic rings. The fraction of sp³-hybridized carbons (Fsp3) is 0.312. The van der Waals surface area contributed by atoms with Crippen molar-refractivity contribution in [2.24, 2.45) is 0 Å². The molecule has 0 aliphatic carbocycles. The van der Waals surface area contributed by atoms with Gasteiger partial charge in [0.25, 0.3) is 0 Å². The summed E-state index contributed by atoms with van der Waals surface area (Å²) in [5, 5.41) is 6.30. The smallest absolute Gasteiger partial charge is 0.235 e. The van der Waals surface area contributed by atoms with Gasteiger partial charge in [-0.05, 0) is 19.1 Å². The van der Waals surface area contributed by atoms with Gasteiger partial charge in [0.15, 0.2) is 5.82 Å². The average molecular weight is 400 g/mol. The zero-order chi connectivity index (χ0) is 18.2. The molecule has 6 nitrogen and oxygen atoms in total. The first kappa shape index (κ1) is 19.6. The lowest BCUT2D eigenvalue weighted by Crippen LogP contribution is -2.32. The largest absolute Gasteiger partial charge is 0.360 e. The Balaban J connectivity index is 1.77. The Morgan fingerprint density at radius 3 is 2.88 bits per heavy atom. The van der Waals surface area contributed by atoms with Crippen LogP contribution in [0.25, 0.3) is 0 Å². The average Bonchev–Trinajstić information content (AvgIpc) is 3.15. The Morgan fingerprint density at radius 1 is 1.48 bits per heavy atom. The van der Waals surface area contributed by atoms with Gasteiger partial charge < -0.3 is 14.7 Å². The highest BCUT2D eigenvalue weighted by atomic mass is 35.5. The topological polar surface area (TPSA) is 75.4 Å². The first-order valence-corrected chi connectivity index (χ1v) is 9.76. The van der Waals surface area contributed by atoms with Crippen molar-refractivity contribution in [3.05, 3.63) is 45.8 Å². The zero-order valence-electron chi connectivity index (χ0n) is 13.7. The van der Waals surface area contributed by atoms with Crippen LogP contribution in [-0.4, -0.2) is 39.9 Å².